The van der Waals surface area contributed by atoms with Crippen LogP contribution in [-0.2, 0) is 9.59 Å². The average molecular weight is 519 g/mol. The van der Waals surface area contributed by atoms with E-state index in [1.54, 1.807) is 0 Å². The van der Waals surface area contributed by atoms with Crippen LogP contribution in [0.4, 0.5) is 0 Å². The van der Waals surface area contributed by atoms with Gasteiger partial charge in [0.1, 0.15) is 11.5 Å². The Morgan fingerprint density at radius 2 is 0.947 bits per heavy atom. The second-order valence-corrected chi connectivity index (χ2v) is 15.0. The molecule has 0 spiro atoms. The molecule has 8 bridgehead atoms. The first kappa shape index (κ1) is 25.1. The van der Waals surface area contributed by atoms with Crippen LogP contribution < -0.4 is 9.47 Å². The molecule has 0 radical (unpaired) electrons. The minimum Gasteiger partial charge on any atom is -0.426 e. The zero-order valence-electron chi connectivity index (χ0n) is 24.1. The number of ether oxygens (including phenoxy) is 2. The van der Waals surface area contributed by atoms with E-state index in [9.17, 15) is 9.59 Å². The highest BCUT2D eigenvalue weighted by molar-refractivity contribution is 5.81. The molecule has 4 heteroatoms. The molecule has 8 aliphatic carbocycles. The monoisotopic (exact) mass is 518 g/mol. The van der Waals surface area contributed by atoms with Crippen molar-refractivity contribution in [2.24, 2.45) is 81.8 Å². The van der Waals surface area contributed by atoms with Crippen LogP contribution in [0.25, 0.3) is 0 Å². The van der Waals surface area contributed by atoms with Gasteiger partial charge in [-0.2, -0.15) is 0 Å². The Balaban J connectivity index is 1.05. The van der Waals surface area contributed by atoms with Crippen molar-refractivity contribution in [1.82, 2.24) is 0 Å². The summed E-state index contributed by atoms with van der Waals surface area (Å²) >= 11 is 0. The summed E-state index contributed by atoms with van der Waals surface area (Å²) in [7, 11) is 0. The van der Waals surface area contributed by atoms with Crippen LogP contribution in [0, 0.1) is 81.8 Å². The lowest BCUT2D eigenvalue weighted by molar-refractivity contribution is -0.192. The van der Waals surface area contributed by atoms with Crippen molar-refractivity contribution in [3.63, 3.8) is 0 Å². The van der Waals surface area contributed by atoms with Gasteiger partial charge in [-0.1, -0.05) is 41.5 Å². The minimum atomic E-state index is -0.342. The minimum absolute atomic E-state index is 0.0427. The van der Waals surface area contributed by atoms with E-state index >= 15 is 0 Å². The van der Waals surface area contributed by atoms with Gasteiger partial charge in [0.2, 0.25) is 0 Å². The molecule has 14 unspecified atom stereocenters. The quantitative estimate of drug-likeness (QED) is 0.308. The molecule has 206 valence electrons. The third-order valence-electron chi connectivity index (χ3n) is 14.2. The third-order valence-corrected chi connectivity index (χ3v) is 14.2. The number of carbonyl (C=O) groups excluding carboxylic acids is 2. The molecule has 8 aliphatic rings. The highest BCUT2D eigenvalue weighted by Crippen LogP contribution is 2.68. The maximum absolute atomic E-state index is 13.7. The average Bonchev–Trinajstić information content (AvgIpc) is 2.89. The molecule has 0 aromatic heterocycles. The summed E-state index contributed by atoms with van der Waals surface area (Å²) in [4.78, 5) is 27.4. The number of hydrogen-bond donors (Lipinski definition) is 0. The Kier molecular flexibility index (Phi) is 5.52. The van der Waals surface area contributed by atoms with Crippen molar-refractivity contribution < 1.29 is 19.1 Å². The zero-order chi connectivity index (χ0) is 26.7. The van der Waals surface area contributed by atoms with E-state index in [2.05, 4.69) is 41.5 Å². The summed E-state index contributed by atoms with van der Waals surface area (Å²) in [5, 5.41) is 0. The third kappa shape index (κ3) is 3.21. The maximum atomic E-state index is 13.7. The van der Waals surface area contributed by atoms with E-state index in [-0.39, 0.29) is 22.8 Å². The van der Waals surface area contributed by atoms with Crippen LogP contribution in [0.2, 0.25) is 0 Å². The SMILES string of the molecule is CC1C2CC3C(C)C1CC(C(=O)Oc1ccc(OC(=O)C45CC6CC(C(C)C(C4)C6C)C5C)cc1)(C2)C3C. The Bertz CT molecular complexity index is 1050. The second kappa shape index (κ2) is 8.33. The predicted octanol–water partition coefficient (Wildman–Crippen LogP) is 7.41. The van der Waals surface area contributed by atoms with Crippen LogP contribution in [0.1, 0.15) is 80.1 Å². The number of benzene rings is 1. The molecule has 0 amide bonds. The fraction of sp³-hybridized carbons (Fsp3) is 0.765. The molecule has 0 saturated heterocycles. The molecule has 0 heterocycles. The number of hydrogen-bond acceptors (Lipinski definition) is 4. The molecule has 14 atom stereocenters. The molecule has 8 saturated carbocycles. The lowest BCUT2D eigenvalue weighted by Gasteiger charge is -2.64. The van der Waals surface area contributed by atoms with E-state index in [1.165, 1.54) is 12.8 Å². The predicted molar refractivity (Wildman–Crippen MR) is 146 cm³/mol. The van der Waals surface area contributed by atoms with Crippen LogP contribution in [-0.4, -0.2) is 11.9 Å². The first-order chi connectivity index (χ1) is 18.1. The van der Waals surface area contributed by atoms with Gasteiger partial charge >= 0.3 is 11.9 Å². The van der Waals surface area contributed by atoms with Crippen molar-refractivity contribution in [2.75, 3.05) is 0 Å². The van der Waals surface area contributed by atoms with Crippen LogP contribution in [0.3, 0.4) is 0 Å². The van der Waals surface area contributed by atoms with Gasteiger partial charge in [-0.25, -0.2) is 0 Å². The number of rotatable bonds is 4. The lowest BCUT2D eigenvalue weighted by Crippen LogP contribution is -2.62. The van der Waals surface area contributed by atoms with Gasteiger partial charge in [0.15, 0.2) is 0 Å². The standard InChI is InChI=1S/C34H46O4/c1-17-23-11-27-19(3)29(17)15-33(13-23,21(27)5)31(35)37-25-7-9-26(10-8-25)38-32(36)34-14-24-12-28(22(34)6)20(4)30(16-34)18(24)2/h7-10,17-24,27-30H,11-16H2,1-6H3. The van der Waals surface area contributed by atoms with E-state index in [4.69, 9.17) is 9.47 Å². The molecule has 1 aromatic carbocycles. The van der Waals surface area contributed by atoms with E-state index in [0.29, 0.717) is 82.5 Å². The van der Waals surface area contributed by atoms with Gasteiger partial charge in [-0.3, -0.25) is 9.59 Å². The van der Waals surface area contributed by atoms with Crippen molar-refractivity contribution in [1.29, 1.82) is 0 Å². The Labute approximate surface area is 228 Å². The summed E-state index contributed by atoms with van der Waals surface area (Å²) in [5.41, 5.74) is -0.684. The van der Waals surface area contributed by atoms with Gasteiger partial charge < -0.3 is 9.47 Å². The number of esters is 2. The molecular formula is C34H46O4. The van der Waals surface area contributed by atoms with Gasteiger partial charge in [-0.15, -0.1) is 0 Å². The maximum Gasteiger partial charge on any atom is 0.317 e. The van der Waals surface area contributed by atoms with Crippen LogP contribution >= 0.6 is 0 Å². The Hall–Kier alpha value is -1.84. The molecule has 0 aliphatic heterocycles. The van der Waals surface area contributed by atoms with Crippen molar-refractivity contribution in [2.45, 2.75) is 80.1 Å². The topological polar surface area (TPSA) is 52.6 Å². The van der Waals surface area contributed by atoms with E-state index in [0.717, 1.165) is 25.7 Å². The van der Waals surface area contributed by atoms with Crippen LogP contribution in [0.15, 0.2) is 24.3 Å². The van der Waals surface area contributed by atoms with Crippen molar-refractivity contribution in [3.8, 4) is 11.5 Å². The van der Waals surface area contributed by atoms with Crippen molar-refractivity contribution >= 4 is 11.9 Å². The van der Waals surface area contributed by atoms with Gasteiger partial charge in [0.05, 0.1) is 10.8 Å². The summed E-state index contributed by atoms with van der Waals surface area (Å²) in [6.45, 7) is 14.2. The molecule has 38 heavy (non-hydrogen) atoms. The first-order valence-corrected chi connectivity index (χ1v) is 15.6. The molecule has 1 aromatic rings. The Morgan fingerprint density at radius 1 is 0.579 bits per heavy atom. The normalized spacial score (nSPS) is 51.7. The van der Waals surface area contributed by atoms with Gasteiger partial charge in [0.25, 0.3) is 0 Å². The van der Waals surface area contributed by atoms with E-state index < -0.39 is 0 Å². The molecule has 8 fully saturated rings. The highest BCUT2D eigenvalue weighted by atomic mass is 16.5. The smallest absolute Gasteiger partial charge is 0.317 e. The fourth-order valence-electron chi connectivity index (χ4n) is 11.7. The highest BCUT2D eigenvalue weighted by Gasteiger charge is 2.65. The summed E-state index contributed by atoms with van der Waals surface area (Å²) in [6.07, 6.45) is 6.44. The van der Waals surface area contributed by atoms with Crippen molar-refractivity contribution in [3.05, 3.63) is 24.3 Å². The molecule has 0 N–H and O–H groups in total. The molecular weight excluding hydrogens is 472 g/mol. The van der Waals surface area contributed by atoms with Crippen LogP contribution in [0.5, 0.6) is 11.5 Å². The summed E-state index contributed by atoms with van der Waals surface area (Å²) in [5.74, 6) is 8.46. The first-order valence-electron chi connectivity index (χ1n) is 15.6. The molecule has 9 rings (SSSR count). The second-order valence-electron chi connectivity index (χ2n) is 15.0. The van der Waals surface area contributed by atoms with Gasteiger partial charge in [0, 0.05) is 0 Å². The van der Waals surface area contributed by atoms with Gasteiger partial charge in [-0.05, 0) is 134 Å². The van der Waals surface area contributed by atoms with E-state index in [1.807, 2.05) is 24.3 Å². The summed E-state index contributed by atoms with van der Waals surface area (Å²) < 4.78 is 12.1. The zero-order valence-corrected chi connectivity index (χ0v) is 24.1. The number of carbonyl (C=O) groups is 2. The Morgan fingerprint density at radius 3 is 1.32 bits per heavy atom. The largest absolute Gasteiger partial charge is 0.426 e. The fourth-order valence-corrected chi connectivity index (χ4v) is 11.7. The molecule has 4 nitrogen and oxygen atoms in total. The lowest BCUT2D eigenvalue weighted by atomic mass is 9.40. The summed E-state index contributed by atoms with van der Waals surface area (Å²) in [6, 6.07) is 7.24.